The number of rotatable bonds is 10. The maximum absolute atomic E-state index is 2.28. The first-order chi connectivity index (χ1) is 45.3. The van der Waals surface area contributed by atoms with Gasteiger partial charge in [-0.1, -0.05) is 291 Å². The van der Waals surface area contributed by atoms with Gasteiger partial charge in [-0.05, 0) is 138 Å². The highest BCUT2D eigenvalue weighted by Crippen LogP contribution is 2.38. The van der Waals surface area contributed by atoms with Gasteiger partial charge in [0.05, 0.1) is 0 Å². The smallest absolute Gasteiger partial charge is 0.0487 e. The van der Waals surface area contributed by atoms with Crippen LogP contribution in [-0.2, 0) is 0 Å². The van der Waals surface area contributed by atoms with Crippen molar-refractivity contribution in [2.45, 2.75) is 0 Å². The fraction of sp³-hybridized carbons (Fsp3) is 0.0455. The van der Waals surface area contributed by atoms with E-state index in [1.54, 1.807) is 0 Å². The molecule has 0 aromatic heterocycles. The molecule has 16 rings (SSSR count). The number of nitrogens with zero attached hydrogens (tertiary/aromatic N) is 4. The largest absolute Gasteiger partial charge is 0.345 e. The summed E-state index contributed by atoms with van der Waals surface area (Å²) in [5.41, 5.74) is 14.7. The summed E-state index contributed by atoms with van der Waals surface area (Å²) < 4.78 is 0. The lowest BCUT2D eigenvalue weighted by Gasteiger charge is -2.23. The van der Waals surface area contributed by atoms with Crippen LogP contribution < -0.4 is 19.6 Å². The molecule has 0 aliphatic carbocycles. The highest BCUT2D eigenvalue weighted by molar-refractivity contribution is 6.02. The van der Waals surface area contributed by atoms with Crippen LogP contribution in [0.2, 0.25) is 0 Å². The van der Waals surface area contributed by atoms with E-state index in [9.17, 15) is 0 Å². The van der Waals surface area contributed by atoms with Crippen LogP contribution >= 0.6 is 0 Å². The molecular formula is C88H72N4. The quantitative estimate of drug-likeness (QED) is 0.135. The summed E-state index contributed by atoms with van der Waals surface area (Å²) >= 11 is 0. The number of hydrogen-bond acceptors (Lipinski definition) is 4. The van der Waals surface area contributed by atoms with Crippen molar-refractivity contribution in [1.29, 1.82) is 0 Å². The van der Waals surface area contributed by atoms with Crippen molar-refractivity contribution < 1.29 is 0 Å². The van der Waals surface area contributed by atoms with Crippen molar-refractivity contribution >= 4 is 110 Å². The van der Waals surface area contributed by atoms with Crippen LogP contribution in [0.15, 0.2) is 364 Å². The lowest BCUT2D eigenvalue weighted by molar-refractivity contribution is 1.21. The molecule has 0 amide bonds. The van der Waals surface area contributed by atoms with Gasteiger partial charge in [-0.2, -0.15) is 0 Å². The molecule has 0 bridgehead atoms. The Morgan fingerprint density at radius 1 is 0.152 bits per heavy atom. The molecule has 0 N–H and O–H groups in total. The first-order valence-electron chi connectivity index (χ1n) is 31.5. The van der Waals surface area contributed by atoms with E-state index < -0.39 is 0 Å². The molecule has 0 spiro atoms. The molecule has 0 saturated heterocycles. The van der Waals surface area contributed by atoms with Crippen molar-refractivity contribution in [3.8, 4) is 22.3 Å². The molecule has 0 saturated carbocycles. The van der Waals surface area contributed by atoms with Gasteiger partial charge in [0.15, 0.2) is 0 Å². The Morgan fingerprint density at radius 3 is 0.750 bits per heavy atom. The first-order valence-corrected chi connectivity index (χ1v) is 31.5. The minimum atomic E-state index is 1.19. The van der Waals surface area contributed by atoms with Gasteiger partial charge >= 0.3 is 0 Å². The molecule has 0 unspecified atom stereocenters. The maximum Gasteiger partial charge on any atom is 0.0487 e. The van der Waals surface area contributed by atoms with Crippen LogP contribution in [-0.4, -0.2) is 28.2 Å². The molecule has 0 atom stereocenters. The van der Waals surface area contributed by atoms with Crippen molar-refractivity contribution in [3.63, 3.8) is 0 Å². The molecule has 0 aliphatic rings. The van der Waals surface area contributed by atoms with E-state index in [0.29, 0.717) is 0 Å². The zero-order chi connectivity index (χ0) is 62.6. The predicted molar refractivity (Wildman–Crippen MR) is 400 cm³/mol. The van der Waals surface area contributed by atoms with E-state index in [1.165, 1.54) is 132 Å². The van der Waals surface area contributed by atoms with Crippen LogP contribution in [0.25, 0.3) is 86.9 Å². The van der Waals surface area contributed by atoms with Crippen LogP contribution in [0.4, 0.5) is 45.5 Å². The van der Waals surface area contributed by atoms with Gasteiger partial charge in [0.1, 0.15) is 0 Å². The topological polar surface area (TPSA) is 13.0 Å². The maximum atomic E-state index is 2.28. The molecular weight excluding hydrogens is 1110 g/mol. The van der Waals surface area contributed by atoms with E-state index >= 15 is 0 Å². The Morgan fingerprint density at radius 2 is 0.391 bits per heavy atom. The van der Waals surface area contributed by atoms with Crippen molar-refractivity contribution in [2.24, 2.45) is 0 Å². The predicted octanol–water partition coefficient (Wildman–Crippen LogP) is 24.1. The SMILES string of the molecule is CN(c1ccc(-c2ccccc2)cc1)c1ccc2ccccc2c1.CN(c1ccc(-c2ccccc2)cc1)c1cccc2ccccc12.CN(c1ccc2ccccc2c1)c1cccc2ccccc12.CN(c1cccc2ccccc12)c1cccc2ccccc12. The number of benzene rings is 16. The third kappa shape index (κ3) is 13.2. The average molecular weight is 1190 g/mol. The van der Waals surface area contributed by atoms with Crippen molar-refractivity contribution in [2.75, 3.05) is 47.8 Å². The van der Waals surface area contributed by atoms with Gasteiger partial charge in [-0.25, -0.2) is 0 Å². The second kappa shape index (κ2) is 27.8. The minimum Gasteiger partial charge on any atom is -0.345 e. The lowest BCUT2D eigenvalue weighted by atomic mass is 10.0. The Labute approximate surface area is 541 Å². The van der Waals surface area contributed by atoms with E-state index in [0.717, 1.165) is 0 Å². The van der Waals surface area contributed by atoms with Gasteiger partial charge in [-0.15, -0.1) is 0 Å². The number of anilines is 8. The first kappa shape index (κ1) is 59.3. The summed E-state index contributed by atoms with van der Waals surface area (Å²) in [4.78, 5) is 9.01. The number of fused-ring (bicyclic) bond motifs is 6. The van der Waals surface area contributed by atoms with Crippen LogP contribution in [0.1, 0.15) is 0 Å². The van der Waals surface area contributed by atoms with Gasteiger partial charge < -0.3 is 19.6 Å². The minimum absolute atomic E-state index is 1.19. The second-order valence-corrected chi connectivity index (χ2v) is 23.1. The Kier molecular flexibility index (Phi) is 17.9. The van der Waals surface area contributed by atoms with Gasteiger partial charge in [-0.3, -0.25) is 0 Å². The molecule has 16 aromatic rings. The molecule has 4 nitrogen and oxygen atoms in total. The average Bonchev–Trinajstić information content (AvgIpc) is 2.04. The van der Waals surface area contributed by atoms with E-state index in [2.05, 4.69) is 400 Å². The fourth-order valence-corrected chi connectivity index (χ4v) is 12.3. The molecule has 0 radical (unpaired) electrons. The molecule has 444 valence electrons. The normalized spacial score (nSPS) is 10.8. The molecule has 0 aliphatic heterocycles. The summed E-state index contributed by atoms with van der Waals surface area (Å²) in [6.07, 6.45) is 0. The van der Waals surface area contributed by atoms with E-state index in [-0.39, 0.29) is 0 Å². The second-order valence-electron chi connectivity index (χ2n) is 23.1. The monoisotopic (exact) mass is 1180 g/mol. The van der Waals surface area contributed by atoms with Crippen molar-refractivity contribution in [1.82, 2.24) is 0 Å². The summed E-state index contributed by atoms with van der Waals surface area (Å²) in [5, 5.41) is 15.3. The fourth-order valence-electron chi connectivity index (χ4n) is 12.3. The molecule has 0 fully saturated rings. The molecule has 0 heterocycles. The molecule has 4 heteroatoms. The summed E-state index contributed by atoms with van der Waals surface area (Å²) in [6, 6.07) is 129. The standard InChI is InChI=1S/2C23H19N.2C21H17N/c1-24(23-13-7-11-20-10-5-6-12-22(20)23)21-16-14-19(15-17-21)18-8-3-2-4-9-18;1-24(23-16-13-19-9-5-6-10-21(19)17-23)22-14-11-20(12-15-22)18-7-3-2-4-8-18;1-22(20-14-6-10-16-8-2-4-12-18(16)20)21-15-7-11-17-9-3-5-13-19(17)21;1-22(19-14-13-16-7-2-3-9-18(16)15-19)21-12-6-10-17-8-4-5-11-20(17)21/h2*2-17H,1H3;2*2-15H,1H3. The van der Waals surface area contributed by atoms with Crippen molar-refractivity contribution in [3.05, 3.63) is 364 Å². The van der Waals surface area contributed by atoms with Crippen LogP contribution in [0.3, 0.4) is 0 Å². The van der Waals surface area contributed by atoms with Crippen LogP contribution in [0, 0.1) is 0 Å². The van der Waals surface area contributed by atoms with Gasteiger partial charge in [0, 0.05) is 95.2 Å². The van der Waals surface area contributed by atoms with E-state index in [1.807, 2.05) is 12.1 Å². The highest BCUT2D eigenvalue weighted by atomic mass is 15.1. The Balaban J connectivity index is 0.000000112. The van der Waals surface area contributed by atoms with Gasteiger partial charge in [0.25, 0.3) is 0 Å². The summed E-state index contributed by atoms with van der Waals surface area (Å²) in [7, 11) is 8.51. The Bertz CT molecular complexity index is 5010. The Hall–Kier alpha value is -11.7. The third-order valence-corrected chi connectivity index (χ3v) is 17.5. The van der Waals surface area contributed by atoms with Gasteiger partial charge in [0.2, 0.25) is 0 Å². The third-order valence-electron chi connectivity index (χ3n) is 17.5. The summed E-state index contributed by atoms with van der Waals surface area (Å²) in [6.45, 7) is 0. The zero-order valence-electron chi connectivity index (χ0n) is 52.4. The number of hydrogen-bond donors (Lipinski definition) is 0. The molecule has 92 heavy (non-hydrogen) atoms. The van der Waals surface area contributed by atoms with Crippen LogP contribution in [0.5, 0.6) is 0 Å². The zero-order valence-corrected chi connectivity index (χ0v) is 52.4. The molecule has 16 aromatic carbocycles. The van der Waals surface area contributed by atoms with E-state index in [4.69, 9.17) is 0 Å². The summed E-state index contributed by atoms with van der Waals surface area (Å²) in [5.74, 6) is 0. The highest BCUT2D eigenvalue weighted by Gasteiger charge is 2.13. The lowest BCUT2D eigenvalue weighted by Crippen LogP contribution is -2.10.